The van der Waals surface area contributed by atoms with Gasteiger partial charge in [-0.3, -0.25) is 4.79 Å². The second-order valence-electron chi connectivity index (χ2n) is 6.02. The largest absolute Gasteiger partial charge is 0.494 e. The molecule has 0 fully saturated rings. The van der Waals surface area contributed by atoms with Crippen molar-refractivity contribution in [3.05, 3.63) is 66.2 Å². The highest BCUT2D eigenvalue weighted by Crippen LogP contribution is 2.16. The van der Waals surface area contributed by atoms with Crippen LogP contribution in [0.2, 0.25) is 0 Å². The highest BCUT2D eigenvalue weighted by molar-refractivity contribution is 6.01. The first-order chi connectivity index (χ1) is 12.3. The first kappa shape index (κ1) is 18.8. The smallest absolute Gasteiger partial charge is 0.248 e. The summed E-state index contributed by atoms with van der Waals surface area (Å²) in [5, 5.41) is 2.85. The van der Waals surface area contributed by atoms with Crippen LogP contribution in [0.1, 0.15) is 44.6 Å². The van der Waals surface area contributed by atoms with Crippen molar-refractivity contribution < 1.29 is 9.53 Å². The molecule has 0 radical (unpaired) electrons. The lowest BCUT2D eigenvalue weighted by Gasteiger charge is -2.07. The summed E-state index contributed by atoms with van der Waals surface area (Å²) in [4.78, 5) is 11.9. The molecule has 0 unspecified atom stereocenters. The Balaban J connectivity index is 1.72. The Labute approximate surface area is 150 Å². The lowest BCUT2D eigenvalue weighted by Crippen LogP contribution is -2.07. The first-order valence-electron chi connectivity index (χ1n) is 9.05. The fraction of sp³-hybridized carbons (Fsp3) is 0.318. The van der Waals surface area contributed by atoms with Crippen LogP contribution >= 0.6 is 0 Å². The van der Waals surface area contributed by atoms with E-state index < -0.39 is 0 Å². The van der Waals surface area contributed by atoms with Gasteiger partial charge in [0.25, 0.3) is 0 Å². The van der Waals surface area contributed by atoms with Crippen molar-refractivity contribution >= 4 is 17.7 Å². The highest BCUT2D eigenvalue weighted by atomic mass is 16.5. The van der Waals surface area contributed by atoms with Gasteiger partial charge in [0.15, 0.2) is 0 Å². The lowest BCUT2D eigenvalue weighted by molar-refractivity contribution is -0.111. The number of nitrogens with one attached hydrogen (secondary N) is 1. The van der Waals surface area contributed by atoms with Crippen molar-refractivity contribution in [3.63, 3.8) is 0 Å². The monoisotopic (exact) mass is 337 g/mol. The summed E-state index contributed by atoms with van der Waals surface area (Å²) in [5.74, 6) is 0.696. The minimum Gasteiger partial charge on any atom is -0.494 e. The number of rotatable bonds is 10. The molecule has 0 spiro atoms. The summed E-state index contributed by atoms with van der Waals surface area (Å²) < 4.78 is 5.72. The van der Waals surface area contributed by atoms with Gasteiger partial charge in [-0.2, -0.15) is 0 Å². The van der Waals surface area contributed by atoms with E-state index in [0.29, 0.717) is 0 Å². The van der Waals surface area contributed by atoms with Gasteiger partial charge in [0.05, 0.1) is 6.61 Å². The van der Waals surface area contributed by atoms with Crippen LogP contribution in [0.3, 0.4) is 0 Å². The van der Waals surface area contributed by atoms with Gasteiger partial charge in [-0.15, -0.1) is 0 Å². The SMILES string of the molecule is CCCCCCCOc1ccc(NC(=O)C=Cc2ccccc2)cc1. The minimum absolute atomic E-state index is 0.145. The van der Waals surface area contributed by atoms with Gasteiger partial charge in [-0.1, -0.05) is 62.9 Å². The molecule has 2 aromatic rings. The fourth-order valence-corrected chi connectivity index (χ4v) is 2.45. The molecule has 1 amide bonds. The van der Waals surface area contributed by atoms with E-state index in [4.69, 9.17) is 4.74 Å². The molecular formula is C22H27NO2. The molecule has 0 aliphatic heterocycles. The molecule has 0 heterocycles. The van der Waals surface area contributed by atoms with Crippen LogP contribution in [0, 0.1) is 0 Å². The van der Waals surface area contributed by atoms with E-state index in [1.807, 2.05) is 54.6 Å². The molecule has 0 aliphatic carbocycles. The Morgan fingerprint density at radius 3 is 2.40 bits per heavy atom. The molecule has 0 aliphatic rings. The van der Waals surface area contributed by atoms with Crippen LogP contribution < -0.4 is 10.1 Å². The number of carbonyl (C=O) groups excluding carboxylic acids is 1. The van der Waals surface area contributed by atoms with Crippen LogP contribution in [0.4, 0.5) is 5.69 Å². The van der Waals surface area contributed by atoms with Crippen LogP contribution in [0.5, 0.6) is 5.75 Å². The van der Waals surface area contributed by atoms with E-state index in [2.05, 4.69) is 12.2 Å². The van der Waals surface area contributed by atoms with Crippen LogP contribution in [-0.2, 0) is 4.79 Å². The lowest BCUT2D eigenvalue weighted by atomic mass is 10.2. The third kappa shape index (κ3) is 7.71. The zero-order valence-corrected chi connectivity index (χ0v) is 14.9. The van der Waals surface area contributed by atoms with Gasteiger partial charge in [-0.05, 0) is 42.3 Å². The van der Waals surface area contributed by atoms with E-state index in [1.165, 1.54) is 31.8 Å². The van der Waals surface area contributed by atoms with Gasteiger partial charge in [0, 0.05) is 11.8 Å². The molecule has 3 nitrogen and oxygen atoms in total. The quantitative estimate of drug-likeness (QED) is 0.447. The average molecular weight is 337 g/mol. The number of hydrogen-bond donors (Lipinski definition) is 1. The van der Waals surface area contributed by atoms with Crippen molar-refractivity contribution in [2.45, 2.75) is 39.0 Å². The molecular weight excluding hydrogens is 310 g/mol. The van der Waals surface area contributed by atoms with Gasteiger partial charge in [0.1, 0.15) is 5.75 Å². The zero-order chi connectivity index (χ0) is 17.7. The van der Waals surface area contributed by atoms with E-state index in [1.54, 1.807) is 6.08 Å². The molecule has 0 atom stereocenters. The van der Waals surface area contributed by atoms with Gasteiger partial charge >= 0.3 is 0 Å². The minimum atomic E-state index is -0.145. The summed E-state index contributed by atoms with van der Waals surface area (Å²) >= 11 is 0. The number of amides is 1. The maximum atomic E-state index is 11.9. The number of hydrogen-bond acceptors (Lipinski definition) is 2. The number of unbranched alkanes of at least 4 members (excludes halogenated alkanes) is 4. The van der Waals surface area contributed by atoms with E-state index in [9.17, 15) is 4.79 Å². The molecule has 3 heteroatoms. The van der Waals surface area contributed by atoms with Crippen LogP contribution in [-0.4, -0.2) is 12.5 Å². The van der Waals surface area contributed by atoms with Gasteiger partial charge in [-0.25, -0.2) is 0 Å². The van der Waals surface area contributed by atoms with E-state index in [-0.39, 0.29) is 5.91 Å². The first-order valence-corrected chi connectivity index (χ1v) is 9.05. The molecule has 2 rings (SSSR count). The number of carbonyl (C=O) groups is 1. The van der Waals surface area contributed by atoms with Crippen molar-refractivity contribution in [2.24, 2.45) is 0 Å². The Hall–Kier alpha value is -2.55. The predicted molar refractivity (Wildman–Crippen MR) is 105 cm³/mol. The third-order valence-corrected chi connectivity index (χ3v) is 3.87. The van der Waals surface area contributed by atoms with Gasteiger partial charge < -0.3 is 10.1 Å². The Morgan fingerprint density at radius 2 is 1.68 bits per heavy atom. The molecule has 0 saturated carbocycles. The highest BCUT2D eigenvalue weighted by Gasteiger charge is 1.99. The number of anilines is 1. The second-order valence-corrected chi connectivity index (χ2v) is 6.02. The molecule has 0 aromatic heterocycles. The van der Waals surface area contributed by atoms with Crippen molar-refractivity contribution in [3.8, 4) is 5.75 Å². The number of ether oxygens (including phenoxy) is 1. The maximum Gasteiger partial charge on any atom is 0.248 e. The predicted octanol–water partition coefficient (Wildman–Crippen LogP) is 5.69. The molecule has 0 saturated heterocycles. The standard InChI is InChI=1S/C22H27NO2/c1-2-3-4-5-9-18-25-21-15-13-20(14-16-21)23-22(24)17-12-19-10-7-6-8-11-19/h6-8,10-17H,2-5,9,18H2,1H3,(H,23,24). The van der Waals surface area contributed by atoms with E-state index in [0.717, 1.165) is 30.0 Å². The normalized spacial score (nSPS) is 10.8. The van der Waals surface area contributed by atoms with Crippen LogP contribution in [0.25, 0.3) is 6.08 Å². The third-order valence-electron chi connectivity index (χ3n) is 3.87. The fourth-order valence-electron chi connectivity index (χ4n) is 2.45. The number of benzene rings is 2. The molecule has 0 bridgehead atoms. The molecule has 1 N–H and O–H groups in total. The zero-order valence-electron chi connectivity index (χ0n) is 14.9. The van der Waals surface area contributed by atoms with Crippen molar-refractivity contribution in [1.29, 1.82) is 0 Å². The van der Waals surface area contributed by atoms with Crippen molar-refractivity contribution in [1.82, 2.24) is 0 Å². The summed E-state index contributed by atoms with van der Waals surface area (Å²) in [6, 6.07) is 17.3. The van der Waals surface area contributed by atoms with Crippen molar-refractivity contribution in [2.75, 3.05) is 11.9 Å². The van der Waals surface area contributed by atoms with E-state index >= 15 is 0 Å². The molecule has 2 aromatic carbocycles. The molecule has 25 heavy (non-hydrogen) atoms. The average Bonchev–Trinajstić information content (AvgIpc) is 2.65. The summed E-state index contributed by atoms with van der Waals surface area (Å²) in [7, 11) is 0. The second kappa shape index (κ2) is 11.1. The molecule has 132 valence electrons. The Bertz CT molecular complexity index is 647. The summed E-state index contributed by atoms with van der Waals surface area (Å²) in [6.45, 7) is 2.96. The summed E-state index contributed by atoms with van der Waals surface area (Å²) in [5.41, 5.74) is 1.76. The summed E-state index contributed by atoms with van der Waals surface area (Å²) in [6.07, 6.45) is 9.48. The topological polar surface area (TPSA) is 38.3 Å². The Morgan fingerprint density at radius 1 is 0.960 bits per heavy atom. The maximum absolute atomic E-state index is 11.9. The van der Waals surface area contributed by atoms with Gasteiger partial charge in [0.2, 0.25) is 5.91 Å². The van der Waals surface area contributed by atoms with Crippen LogP contribution in [0.15, 0.2) is 60.7 Å². The Kier molecular flexibility index (Phi) is 8.33.